The molecule has 0 aliphatic rings. The first kappa shape index (κ1) is 23.7. The van der Waals surface area contributed by atoms with Gasteiger partial charge in [0.2, 0.25) is 0 Å². The molecule has 1 aromatic carbocycles. The van der Waals surface area contributed by atoms with Crippen LogP contribution in [0.5, 0.6) is 0 Å². The summed E-state index contributed by atoms with van der Waals surface area (Å²) in [4.78, 5) is 24.0. The Hall–Kier alpha value is -0.948. The largest absolute Gasteiger partial charge is 0.307 e. The van der Waals surface area contributed by atoms with Gasteiger partial charge in [-0.05, 0) is 19.1 Å². The van der Waals surface area contributed by atoms with Crippen molar-refractivity contribution in [2.75, 3.05) is 0 Å². The molecule has 0 aliphatic heterocycles. The Labute approximate surface area is 106 Å². The number of hydrogen-bond donors (Lipinski definition) is 0. The zero-order valence-electron chi connectivity index (χ0n) is 8.44. The molecule has 0 radical (unpaired) electrons. The number of aryl methyl sites for hydroxylation is 1. The molecule has 3 nitrogen and oxygen atoms in total. The van der Waals surface area contributed by atoms with E-state index >= 15 is 0 Å². The van der Waals surface area contributed by atoms with Crippen molar-refractivity contribution in [1.29, 1.82) is 0 Å². The molecule has 1 rings (SSSR count). The molecule has 0 unspecified atom stereocenters. The van der Waals surface area contributed by atoms with Crippen LogP contribution in [0.1, 0.15) is 5.56 Å². The van der Waals surface area contributed by atoms with Gasteiger partial charge in [0, 0.05) is 22.4 Å². The van der Waals surface area contributed by atoms with Crippen molar-refractivity contribution in [3.63, 3.8) is 0 Å². The third kappa shape index (κ3) is 19.5. The smallest absolute Gasteiger partial charge is 0.106 e. The molecule has 0 saturated carbocycles. The van der Waals surface area contributed by atoms with Crippen LogP contribution in [-0.2, 0) is 31.7 Å². The number of rotatable bonds is 0. The van der Waals surface area contributed by atoms with Gasteiger partial charge >= 0.3 is 0 Å². The van der Waals surface area contributed by atoms with Crippen molar-refractivity contribution in [2.24, 2.45) is 0 Å². The Morgan fingerprint density at radius 3 is 1.33 bits per heavy atom. The van der Waals surface area contributed by atoms with Crippen LogP contribution < -0.4 is 0 Å². The first-order valence-corrected chi connectivity index (χ1v) is 3.75. The van der Waals surface area contributed by atoms with Gasteiger partial charge in [-0.15, -0.1) is 0 Å². The summed E-state index contributed by atoms with van der Waals surface area (Å²) in [6.45, 7) is 8.04. The van der Waals surface area contributed by atoms with Crippen LogP contribution in [0, 0.1) is 6.92 Å². The molecule has 0 saturated heterocycles. The minimum atomic E-state index is 0. The molecule has 0 N–H and O–H groups in total. The van der Waals surface area contributed by atoms with E-state index in [2.05, 4.69) is 0 Å². The normalized spacial score (nSPS) is 5.73. The zero-order valence-corrected chi connectivity index (χ0v) is 10.5. The van der Waals surface area contributed by atoms with Crippen LogP contribution in [0.2, 0.25) is 5.02 Å². The summed E-state index contributed by atoms with van der Waals surface area (Å²) in [7, 11) is 0. The molecule has 5 heteroatoms. The van der Waals surface area contributed by atoms with Gasteiger partial charge in [0.05, 0.1) is 0 Å². The molecule has 0 atom stereocenters. The van der Waals surface area contributed by atoms with Crippen LogP contribution in [-0.4, -0.2) is 20.4 Å². The average molecular weight is 269 g/mol. The second-order valence-corrected chi connectivity index (χ2v) is 2.23. The van der Waals surface area contributed by atoms with E-state index in [1.54, 1.807) is 0 Å². The Balaban J connectivity index is -0.0000000755. The Morgan fingerprint density at radius 2 is 1.13 bits per heavy atom. The number of hydrogen-bond acceptors (Lipinski definition) is 3. The molecule has 0 spiro atoms. The molecule has 0 bridgehead atoms. The van der Waals surface area contributed by atoms with E-state index in [0.29, 0.717) is 0 Å². The summed E-state index contributed by atoms with van der Waals surface area (Å²) in [6, 6.07) is 7.75. The number of carbonyl (C=O) groups is 3. The van der Waals surface area contributed by atoms with Crippen molar-refractivity contribution in [3.8, 4) is 0 Å². The first-order valence-electron chi connectivity index (χ1n) is 3.38. The van der Waals surface area contributed by atoms with Gasteiger partial charge in [-0.2, -0.15) is 0 Å². The Morgan fingerprint density at radius 1 is 0.867 bits per heavy atom. The van der Waals surface area contributed by atoms with Crippen molar-refractivity contribution in [3.05, 3.63) is 34.9 Å². The van der Waals surface area contributed by atoms with Gasteiger partial charge in [0.1, 0.15) is 20.4 Å². The summed E-state index contributed by atoms with van der Waals surface area (Å²) >= 11 is 5.61. The fourth-order valence-electron chi connectivity index (χ4n) is 0.533. The second kappa shape index (κ2) is 23.1. The molecule has 84 valence electrons. The van der Waals surface area contributed by atoms with Gasteiger partial charge < -0.3 is 14.4 Å². The second-order valence-electron chi connectivity index (χ2n) is 1.80. The van der Waals surface area contributed by atoms with E-state index in [1.165, 1.54) is 5.56 Å². The van der Waals surface area contributed by atoms with Crippen LogP contribution in [0.4, 0.5) is 0 Å². The number of benzene rings is 1. The quantitative estimate of drug-likeness (QED) is 0.724. The van der Waals surface area contributed by atoms with Crippen LogP contribution in [0.3, 0.4) is 0 Å². The third-order valence-corrected chi connectivity index (χ3v) is 1.26. The van der Waals surface area contributed by atoms with Gasteiger partial charge in [0.15, 0.2) is 0 Å². The summed E-state index contributed by atoms with van der Waals surface area (Å²) < 4.78 is 0. The standard InChI is InChI=1S/C7H7Cl.3CH2O.Cr/c1-6-2-4-7(8)5-3-6;3*1-2;/h2-5H,1H3;3*1H2;. The van der Waals surface area contributed by atoms with E-state index in [1.807, 2.05) is 51.6 Å². The maximum Gasteiger partial charge on any atom is 0.106 e. The first-order chi connectivity index (χ1) is 6.79. The SMILES string of the molecule is C=O.C=O.C=O.Cc1ccc(Cl)cc1.[Cr]. The van der Waals surface area contributed by atoms with E-state index in [0.717, 1.165) is 5.02 Å². The maximum atomic E-state index is 8.00. The topological polar surface area (TPSA) is 51.2 Å². The molecule has 0 aromatic heterocycles. The van der Waals surface area contributed by atoms with Crippen molar-refractivity contribution < 1.29 is 31.7 Å². The fourth-order valence-corrected chi connectivity index (χ4v) is 0.659. The molecule has 15 heavy (non-hydrogen) atoms. The van der Waals surface area contributed by atoms with Gasteiger partial charge in [-0.25, -0.2) is 0 Å². The van der Waals surface area contributed by atoms with Gasteiger partial charge in [-0.3, -0.25) is 0 Å². The van der Waals surface area contributed by atoms with E-state index in [9.17, 15) is 0 Å². The molecule has 0 amide bonds. The Kier molecular flexibility index (Phi) is 36.5. The van der Waals surface area contributed by atoms with Crippen molar-refractivity contribution in [2.45, 2.75) is 6.92 Å². The monoisotopic (exact) mass is 268 g/mol. The molecule has 1 aromatic rings. The van der Waals surface area contributed by atoms with Crippen molar-refractivity contribution in [1.82, 2.24) is 0 Å². The summed E-state index contributed by atoms with van der Waals surface area (Å²) in [5.74, 6) is 0. The number of halogens is 1. The summed E-state index contributed by atoms with van der Waals surface area (Å²) in [5, 5.41) is 0.801. The molecular formula is C10H13ClCrO3. The minimum Gasteiger partial charge on any atom is -0.307 e. The van der Waals surface area contributed by atoms with Crippen LogP contribution >= 0.6 is 11.6 Å². The summed E-state index contributed by atoms with van der Waals surface area (Å²) in [5.41, 5.74) is 1.24. The molecule has 0 aliphatic carbocycles. The van der Waals surface area contributed by atoms with E-state index in [-0.39, 0.29) is 17.4 Å². The average Bonchev–Trinajstić information content (AvgIpc) is 2.31. The molecule has 0 fully saturated rings. The van der Waals surface area contributed by atoms with Crippen LogP contribution in [0.15, 0.2) is 24.3 Å². The van der Waals surface area contributed by atoms with Gasteiger partial charge in [0.25, 0.3) is 0 Å². The maximum absolute atomic E-state index is 8.00. The molecule has 0 heterocycles. The van der Waals surface area contributed by atoms with Crippen molar-refractivity contribution >= 4 is 32.0 Å². The van der Waals surface area contributed by atoms with E-state index in [4.69, 9.17) is 26.0 Å². The third-order valence-electron chi connectivity index (χ3n) is 1.01. The number of carbonyl (C=O) groups excluding carboxylic acids is 3. The minimum absolute atomic E-state index is 0. The molecular weight excluding hydrogens is 256 g/mol. The predicted octanol–water partition coefficient (Wildman–Crippen LogP) is 2.09. The predicted molar refractivity (Wildman–Crippen MR) is 57.6 cm³/mol. The van der Waals surface area contributed by atoms with E-state index < -0.39 is 0 Å². The fraction of sp³-hybridized carbons (Fsp3) is 0.100. The Bertz CT molecular complexity index is 191. The zero-order chi connectivity index (χ0) is 12.0. The van der Waals surface area contributed by atoms with Gasteiger partial charge in [-0.1, -0.05) is 29.3 Å². The summed E-state index contributed by atoms with van der Waals surface area (Å²) in [6.07, 6.45) is 0. The van der Waals surface area contributed by atoms with Crippen LogP contribution in [0.25, 0.3) is 0 Å².